The molecular weight excluding hydrogens is 233 g/mol. The molecule has 0 saturated carbocycles. The summed E-state index contributed by atoms with van der Waals surface area (Å²) < 4.78 is 36.6. The highest BCUT2D eigenvalue weighted by Gasteiger charge is 2.29. The van der Waals surface area contributed by atoms with Gasteiger partial charge >= 0.3 is 6.18 Å². The summed E-state index contributed by atoms with van der Waals surface area (Å²) in [5.41, 5.74) is -1.20. The highest BCUT2D eigenvalue weighted by Crippen LogP contribution is 2.18. The van der Waals surface area contributed by atoms with E-state index in [1.165, 1.54) is 6.20 Å². The quantitative estimate of drug-likeness (QED) is 0.766. The second-order valence-corrected chi connectivity index (χ2v) is 3.47. The van der Waals surface area contributed by atoms with E-state index in [-0.39, 0.29) is 0 Å². The number of nitrogens with zero attached hydrogens (tertiary/aromatic N) is 2. The Morgan fingerprint density at radius 2 is 1.88 bits per heavy atom. The highest BCUT2D eigenvalue weighted by atomic mass is 19.4. The first kappa shape index (κ1) is 11.5. The number of para-hydroxylation sites is 1. The van der Waals surface area contributed by atoms with Crippen molar-refractivity contribution in [2.45, 2.75) is 12.6 Å². The molecular formula is C11H7F3N2O. The number of hydrogen-bond donors (Lipinski definition) is 0. The van der Waals surface area contributed by atoms with Crippen molar-refractivity contribution in [1.82, 2.24) is 9.97 Å². The normalized spacial score (nSPS) is 11.7. The van der Waals surface area contributed by atoms with Crippen LogP contribution in [0.5, 0.6) is 0 Å². The van der Waals surface area contributed by atoms with Crippen LogP contribution in [0.25, 0.3) is 10.9 Å². The molecule has 88 valence electrons. The van der Waals surface area contributed by atoms with E-state index in [2.05, 4.69) is 9.97 Å². The minimum atomic E-state index is -4.46. The fraction of sp³-hybridized carbons (Fsp3) is 0.182. The van der Waals surface area contributed by atoms with Crippen LogP contribution in [0.15, 0.2) is 35.3 Å². The van der Waals surface area contributed by atoms with Gasteiger partial charge in [0.25, 0.3) is 5.56 Å². The summed E-state index contributed by atoms with van der Waals surface area (Å²) in [5, 5.41) is 0.526. The van der Waals surface area contributed by atoms with Crippen molar-refractivity contribution in [2.24, 2.45) is 0 Å². The molecule has 0 spiro atoms. The van der Waals surface area contributed by atoms with E-state index in [0.717, 1.165) is 0 Å². The smallest absolute Gasteiger partial charge is 0.265 e. The van der Waals surface area contributed by atoms with Gasteiger partial charge in [0.15, 0.2) is 0 Å². The Morgan fingerprint density at radius 1 is 1.18 bits per heavy atom. The minimum Gasteiger partial charge on any atom is -0.265 e. The molecule has 3 nitrogen and oxygen atoms in total. The van der Waals surface area contributed by atoms with E-state index >= 15 is 0 Å². The Kier molecular flexibility index (Phi) is 2.79. The Bertz CT molecular complexity index is 610. The van der Waals surface area contributed by atoms with Crippen molar-refractivity contribution in [3.05, 3.63) is 46.5 Å². The first-order valence-electron chi connectivity index (χ1n) is 4.77. The largest absolute Gasteiger partial charge is 0.394 e. The first-order valence-corrected chi connectivity index (χ1v) is 4.77. The van der Waals surface area contributed by atoms with E-state index in [0.29, 0.717) is 10.9 Å². The van der Waals surface area contributed by atoms with E-state index in [4.69, 9.17) is 0 Å². The number of rotatable bonds is 1. The fourth-order valence-corrected chi connectivity index (χ4v) is 1.39. The average molecular weight is 240 g/mol. The predicted octanol–water partition coefficient (Wildman–Crippen LogP) is 2.09. The Morgan fingerprint density at radius 3 is 2.59 bits per heavy atom. The highest BCUT2D eigenvalue weighted by molar-refractivity contribution is 5.76. The van der Waals surface area contributed by atoms with Gasteiger partial charge in [0.05, 0.1) is 11.9 Å². The maximum absolute atomic E-state index is 12.2. The fourth-order valence-electron chi connectivity index (χ4n) is 1.39. The van der Waals surface area contributed by atoms with Gasteiger partial charge in [-0.25, -0.2) is 4.98 Å². The average Bonchev–Trinajstić information content (AvgIpc) is 2.37. The third-order valence-corrected chi connectivity index (χ3v) is 2.13. The molecule has 0 saturated heterocycles. The minimum absolute atomic E-state index is 0.332. The Balaban J connectivity index is 2.60. The molecule has 0 unspecified atom stereocenters. The van der Waals surface area contributed by atoms with Crippen molar-refractivity contribution >= 4 is 10.9 Å². The van der Waals surface area contributed by atoms with E-state index in [1.807, 2.05) is 0 Å². The van der Waals surface area contributed by atoms with Crippen LogP contribution in [-0.4, -0.2) is 16.1 Å². The Labute approximate surface area is 94.0 Å². The van der Waals surface area contributed by atoms with Gasteiger partial charge in [-0.05, 0) is 6.07 Å². The van der Waals surface area contributed by atoms with Gasteiger partial charge in [0, 0.05) is 11.6 Å². The second-order valence-electron chi connectivity index (χ2n) is 3.47. The van der Waals surface area contributed by atoms with Crippen molar-refractivity contribution in [1.29, 1.82) is 0 Å². The first-order chi connectivity index (χ1) is 7.96. The molecule has 2 rings (SSSR count). The van der Waals surface area contributed by atoms with Gasteiger partial charge in [-0.3, -0.25) is 9.78 Å². The predicted molar refractivity (Wildman–Crippen MR) is 55.6 cm³/mol. The molecule has 1 heterocycles. The van der Waals surface area contributed by atoms with Gasteiger partial charge in [-0.2, -0.15) is 13.2 Å². The number of aromatic nitrogens is 2. The van der Waals surface area contributed by atoms with Crippen LogP contribution in [0.3, 0.4) is 0 Å². The van der Waals surface area contributed by atoms with Gasteiger partial charge < -0.3 is 0 Å². The zero-order chi connectivity index (χ0) is 12.5. The number of hydrogen-bond acceptors (Lipinski definition) is 3. The maximum Gasteiger partial charge on any atom is 0.394 e. The third-order valence-electron chi connectivity index (χ3n) is 2.13. The molecule has 0 bridgehead atoms. The summed E-state index contributed by atoms with van der Waals surface area (Å²) in [4.78, 5) is 18.6. The summed E-state index contributed by atoms with van der Waals surface area (Å²) in [6.45, 7) is 0. The van der Waals surface area contributed by atoms with Crippen LogP contribution in [-0.2, 0) is 6.42 Å². The SMILES string of the molecule is O=c1nc2ccccc2cnc1CC(F)(F)F. The van der Waals surface area contributed by atoms with Crippen LogP contribution in [0.4, 0.5) is 13.2 Å². The maximum atomic E-state index is 12.2. The van der Waals surface area contributed by atoms with Crippen molar-refractivity contribution < 1.29 is 13.2 Å². The summed E-state index contributed by atoms with van der Waals surface area (Å²) in [7, 11) is 0. The second kappa shape index (κ2) is 4.12. The van der Waals surface area contributed by atoms with Gasteiger partial charge in [-0.1, -0.05) is 18.2 Å². The van der Waals surface area contributed by atoms with Crippen LogP contribution in [0.2, 0.25) is 0 Å². The molecule has 0 radical (unpaired) electrons. The van der Waals surface area contributed by atoms with Gasteiger partial charge in [0.2, 0.25) is 0 Å². The van der Waals surface area contributed by atoms with Crippen molar-refractivity contribution in [3.8, 4) is 0 Å². The molecule has 6 heteroatoms. The molecule has 0 aliphatic carbocycles. The molecule has 0 fully saturated rings. The molecule has 0 aliphatic rings. The van der Waals surface area contributed by atoms with Gasteiger partial charge in [0.1, 0.15) is 5.69 Å². The lowest BCUT2D eigenvalue weighted by Gasteiger charge is -2.01. The standard InChI is InChI=1S/C11H7F3N2O/c12-11(13,14)5-9-10(17)16-8-4-2-1-3-7(8)6-15-9/h1-4,6H,5H2. The van der Waals surface area contributed by atoms with Crippen LogP contribution in [0.1, 0.15) is 5.69 Å². The molecule has 0 atom stereocenters. The number of halogens is 3. The monoisotopic (exact) mass is 240 g/mol. The lowest BCUT2D eigenvalue weighted by molar-refractivity contribution is -0.128. The summed E-state index contributed by atoms with van der Waals surface area (Å²) in [6.07, 6.45) is -4.60. The molecule has 0 amide bonds. The summed E-state index contributed by atoms with van der Waals surface area (Å²) >= 11 is 0. The van der Waals surface area contributed by atoms with Crippen LogP contribution in [0, 0.1) is 0 Å². The topological polar surface area (TPSA) is 42.9 Å². The third kappa shape index (κ3) is 2.77. The van der Waals surface area contributed by atoms with E-state index in [1.54, 1.807) is 24.3 Å². The molecule has 2 aromatic rings. The van der Waals surface area contributed by atoms with Crippen molar-refractivity contribution in [2.75, 3.05) is 0 Å². The zero-order valence-electron chi connectivity index (χ0n) is 8.53. The lowest BCUT2D eigenvalue weighted by atomic mass is 10.2. The molecule has 17 heavy (non-hydrogen) atoms. The Hall–Kier alpha value is -1.98. The molecule has 1 aromatic carbocycles. The number of alkyl halides is 3. The molecule has 1 aromatic heterocycles. The van der Waals surface area contributed by atoms with E-state index in [9.17, 15) is 18.0 Å². The van der Waals surface area contributed by atoms with E-state index < -0.39 is 23.9 Å². The molecule has 0 N–H and O–H groups in total. The zero-order valence-corrected chi connectivity index (χ0v) is 8.53. The van der Waals surface area contributed by atoms with Crippen LogP contribution >= 0.6 is 0 Å². The lowest BCUT2D eigenvalue weighted by Crippen LogP contribution is -2.20. The number of benzene rings is 1. The van der Waals surface area contributed by atoms with Gasteiger partial charge in [-0.15, -0.1) is 0 Å². The number of fused-ring (bicyclic) bond motifs is 1. The van der Waals surface area contributed by atoms with Crippen molar-refractivity contribution in [3.63, 3.8) is 0 Å². The summed E-state index contributed by atoms with van der Waals surface area (Å²) in [6, 6.07) is 6.53. The summed E-state index contributed by atoms with van der Waals surface area (Å²) in [5.74, 6) is 0. The molecule has 0 aliphatic heterocycles. The van der Waals surface area contributed by atoms with Crippen LogP contribution < -0.4 is 5.56 Å².